The fourth-order valence-electron chi connectivity index (χ4n) is 4.23. The van der Waals surface area contributed by atoms with Crippen LogP contribution in [0.5, 0.6) is 0 Å². The summed E-state index contributed by atoms with van der Waals surface area (Å²) in [6.07, 6.45) is 7.87. The molecule has 1 fully saturated rings. The smallest absolute Gasteiger partial charge is 0.229 e. The number of benzene rings is 1. The first-order valence-corrected chi connectivity index (χ1v) is 11.4. The van der Waals surface area contributed by atoms with Gasteiger partial charge in [0.15, 0.2) is 0 Å². The van der Waals surface area contributed by atoms with Gasteiger partial charge in [-0.15, -0.1) is 11.8 Å². The van der Waals surface area contributed by atoms with Crippen LogP contribution in [0.25, 0.3) is 11.3 Å². The predicted octanol–water partition coefficient (Wildman–Crippen LogP) is 5.06. The molecule has 0 bridgehead atoms. The van der Waals surface area contributed by atoms with E-state index in [1.54, 1.807) is 20.0 Å². The van der Waals surface area contributed by atoms with Crippen molar-refractivity contribution in [2.24, 2.45) is 0 Å². The Balaban J connectivity index is 1.47. The van der Waals surface area contributed by atoms with Crippen LogP contribution >= 0.6 is 11.8 Å². The Kier molecular flexibility index (Phi) is 4.60. The first kappa shape index (κ1) is 19.5. The molecule has 1 spiro atoms. The number of rotatable bonds is 5. The molecule has 2 aliphatic rings. The van der Waals surface area contributed by atoms with Crippen LogP contribution in [0.1, 0.15) is 44.7 Å². The van der Waals surface area contributed by atoms with Crippen molar-refractivity contribution in [3.05, 3.63) is 60.0 Å². The second-order valence-electron chi connectivity index (χ2n) is 8.74. The van der Waals surface area contributed by atoms with Crippen molar-refractivity contribution in [3.63, 3.8) is 0 Å². The molecule has 154 valence electrons. The maximum Gasteiger partial charge on any atom is 0.229 e. The van der Waals surface area contributed by atoms with E-state index in [1.165, 1.54) is 29.0 Å². The summed E-state index contributed by atoms with van der Waals surface area (Å²) in [6.45, 7) is 6.68. The van der Waals surface area contributed by atoms with Gasteiger partial charge in [0.25, 0.3) is 0 Å². The Hall–Kier alpha value is -2.44. The number of aromatic nitrogens is 3. The molecule has 1 aliphatic heterocycles. The highest BCUT2D eigenvalue weighted by Gasteiger charge is 2.52. The molecule has 30 heavy (non-hydrogen) atoms. The van der Waals surface area contributed by atoms with E-state index in [-0.39, 0.29) is 5.41 Å². The standard InChI is InChI=1S/C24H26N4OS/c1-4-30-18-5-6-19-21(12-18)28(15-24(19)8-9-24)22-26-13-16(14-27-22)20-11-17(7-10-25-20)23(2,3)29/h5-7,10-14,29H,4,8-9,15H2,1-3H3. The van der Waals surface area contributed by atoms with Crippen molar-refractivity contribution < 1.29 is 5.11 Å². The van der Waals surface area contributed by atoms with Gasteiger partial charge in [-0.05, 0) is 67.8 Å². The quantitative estimate of drug-likeness (QED) is 0.584. The Morgan fingerprint density at radius 2 is 1.87 bits per heavy atom. The first-order valence-electron chi connectivity index (χ1n) is 10.5. The van der Waals surface area contributed by atoms with Gasteiger partial charge >= 0.3 is 0 Å². The highest BCUT2D eigenvalue weighted by atomic mass is 32.2. The number of hydrogen-bond acceptors (Lipinski definition) is 6. The minimum absolute atomic E-state index is 0.287. The zero-order valence-corrected chi connectivity index (χ0v) is 18.4. The molecular formula is C24H26N4OS. The van der Waals surface area contributed by atoms with Crippen molar-refractivity contribution in [1.82, 2.24) is 15.0 Å². The van der Waals surface area contributed by atoms with Crippen LogP contribution in [-0.4, -0.2) is 32.4 Å². The van der Waals surface area contributed by atoms with E-state index in [4.69, 9.17) is 9.97 Å². The predicted molar refractivity (Wildman–Crippen MR) is 121 cm³/mol. The lowest BCUT2D eigenvalue weighted by atomic mass is 9.98. The second-order valence-corrected chi connectivity index (χ2v) is 10.1. The van der Waals surface area contributed by atoms with Gasteiger partial charge < -0.3 is 10.0 Å². The number of thioether (sulfide) groups is 1. The molecule has 1 N–H and O–H groups in total. The zero-order chi connectivity index (χ0) is 20.9. The third-order valence-electron chi connectivity index (χ3n) is 6.10. The lowest BCUT2D eigenvalue weighted by Crippen LogP contribution is -2.21. The summed E-state index contributed by atoms with van der Waals surface area (Å²) >= 11 is 1.87. The maximum atomic E-state index is 10.3. The van der Waals surface area contributed by atoms with E-state index in [0.717, 1.165) is 35.1 Å². The van der Waals surface area contributed by atoms with Crippen molar-refractivity contribution in [1.29, 1.82) is 0 Å². The molecule has 1 saturated carbocycles. The van der Waals surface area contributed by atoms with E-state index in [2.05, 4.69) is 35.0 Å². The van der Waals surface area contributed by atoms with E-state index < -0.39 is 5.60 Å². The van der Waals surface area contributed by atoms with Gasteiger partial charge in [-0.25, -0.2) is 9.97 Å². The molecule has 1 aliphatic carbocycles. The van der Waals surface area contributed by atoms with Crippen LogP contribution in [-0.2, 0) is 11.0 Å². The van der Waals surface area contributed by atoms with Gasteiger partial charge in [0.1, 0.15) is 0 Å². The monoisotopic (exact) mass is 418 g/mol. The van der Waals surface area contributed by atoms with Crippen LogP contribution in [0.3, 0.4) is 0 Å². The lowest BCUT2D eigenvalue weighted by Gasteiger charge is -2.19. The minimum Gasteiger partial charge on any atom is -0.386 e. The summed E-state index contributed by atoms with van der Waals surface area (Å²) in [5, 5.41) is 10.3. The number of nitrogens with zero attached hydrogens (tertiary/aromatic N) is 4. The van der Waals surface area contributed by atoms with Gasteiger partial charge in [0, 0.05) is 46.7 Å². The number of anilines is 2. The molecule has 2 aromatic heterocycles. The topological polar surface area (TPSA) is 62.1 Å². The average Bonchev–Trinajstić information content (AvgIpc) is 3.45. The molecular weight excluding hydrogens is 392 g/mol. The van der Waals surface area contributed by atoms with Crippen molar-refractivity contribution in [3.8, 4) is 11.3 Å². The van der Waals surface area contributed by atoms with Crippen LogP contribution < -0.4 is 4.90 Å². The fourth-order valence-corrected chi connectivity index (χ4v) is 4.92. The fraction of sp³-hybridized carbons (Fsp3) is 0.375. The van der Waals surface area contributed by atoms with Gasteiger partial charge in [0.05, 0.1) is 11.3 Å². The third-order valence-corrected chi connectivity index (χ3v) is 6.97. The highest BCUT2D eigenvalue weighted by molar-refractivity contribution is 7.99. The van der Waals surface area contributed by atoms with E-state index >= 15 is 0 Å². The molecule has 0 unspecified atom stereocenters. The third kappa shape index (κ3) is 3.38. The second kappa shape index (κ2) is 7.06. The molecule has 1 aromatic carbocycles. The van der Waals surface area contributed by atoms with Gasteiger partial charge in [-0.1, -0.05) is 13.0 Å². The summed E-state index contributed by atoms with van der Waals surface area (Å²) in [4.78, 5) is 17.4. The normalized spacial score (nSPS) is 16.7. The lowest BCUT2D eigenvalue weighted by molar-refractivity contribution is 0.0785. The van der Waals surface area contributed by atoms with Crippen LogP contribution in [0.4, 0.5) is 11.6 Å². The number of hydrogen-bond donors (Lipinski definition) is 1. The number of fused-ring (bicyclic) bond motifs is 2. The minimum atomic E-state index is -0.912. The Labute approximate surface area is 181 Å². The van der Waals surface area contributed by atoms with Crippen molar-refractivity contribution in [2.45, 2.75) is 49.5 Å². The van der Waals surface area contributed by atoms with Crippen LogP contribution in [0.15, 0.2) is 53.8 Å². The van der Waals surface area contributed by atoms with Gasteiger partial charge in [-0.3, -0.25) is 4.98 Å². The van der Waals surface area contributed by atoms with E-state index in [1.807, 2.05) is 36.3 Å². The number of aliphatic hydroxyl groups is 1. The maximum absolute atomic E-state index is 10.3. The molecule has 0 radical (unpaired) electrons. The van der Waals surface area contributed by atoms with Gasteiger partial charge in [-0.2, -0.15) is 0 Å². The van der Waals surface area contributed by atoms with Crippen molar-refractivity contribution >= 4 is 23.4 Å². The Bertz CT molecular complexity index is 1090. The number of pyridine rings is 1. The molecule has 0 atom stereocenters. The first-order chi connectivity index (χ1) is 14.4. The van der Waals surface area contributed by atoms with E-state index in [0.29, 0.717) is 0 Å². The molecule has 5 rings (SSSR count). The summed E-state index contributed by atoms with van der Waals surface area (Å²) in [7, 11) is 0. The van der Waals surface area contributed by atoms with Crippen molar-refractivity contribution in [2.75, 3.05) is 17.2 Å². The Morgan fingerprint density at radius 3 is 2.53 bits per heavy atom. The largest absolute Gasteiger partial charge is 0.386 e. The van der Waals surface area contributed by atoms with E-state index in [9.17, 15) is 5.11 Å². The molecule has 0 saturated heterocycles. The molecule has 3 aromatic rings. The van der Waals surface area contributed by atoms with Crippen LogP contribution in [0, 0.1) is 0 Å². The molecule has 6 heteroatoms. The summed E-state index contributed by atoms with van der Waals surface area (Å²) in [5.74, 6) is 1.80. The molecule has 3 heterocycles. The molecule has 5 nitrogen and oxygen atoms in total. The summed E-state index contributed by atoms with van der Waals surface area (Å²) < 4.78 is 0. The summed E-state index contributed by atoms with van der Waals surface area (Å²) in [5.41, 5.74) is 4.50. The average molecular weight is 419 g/mol. The zero-order valence-electron chi connectivity index (χ0n) is 17.6. The highest BCUT2D eigenvalue weighted by Crippen LogP contribution is 2.58. The van der Waals surface area contributed by atoms with Gasteiger partial charge in [0.2, 0.25) is 5.95 Å². The SMILES string of the molecule is CCSc1ccc2c(c1)N(c1ncc(-c3cc(C(C)(C)O)ccn3)cn1)CC21CC1. The summed E-state index contributed by atoms with van der Waals surface area (Å²) in [6, 6.07) is 10.6. The molecule has 0 amide bonds. The Morgan fingerprint density at radius 1 is 1.10 bits per heavy atom. The van der Waals surface area contributed by atoms with Crippen LogP contribution in [0.2, 0.25) is 0 Å².